The maximum atomic E-state index is 13.3. The van der Waals surface area contributed by atoms with Crippen molar-refractivity contribution in [3.63, 3.8) is 0 Å². The number of pyridine rings is 1. The van der Waals surface area contributed by atoms with Crippen molar-refractivity contribution in [3.05, 3.63) is 74.6 Å². The Kier molecular flexibility index (Phi) is 4.61. The Bertz CT molecular complexity index is 1090. The molecule has 1 N–H and O–H groups in total. The Hall–Kier alpha value is -3.36. The molecule has 27 heavy (non-hydrogen) atoms. The molecule has 2 aromatic carbocycles. The van der Waals surface area contributed by atoms with Gasteiger partial charge >= 0.3 is 17.4 Å². The van der Waals surface area contributed by atoms with Gasteiger partial charge in [-0.2, -0.15) is 13.2 Å². The van der Waals surface area contributed by atoms with E-state index in [9.17, 15) is 28.1 Å². The summed E-state index contributed by atoms with van der Waals surface area (Å²) in [4.78, 5) is 23.3. The highest BCUT2D eigenvalue weighted by Crippen LogP contribution is 2.39. The van der Waals surface area contributed by atoms with Crippen molar-refractivity contribution >= 4 is 28.0 Å². The zero-order chi connectivity index (χ0) is 19.8. The minimum Gasteiger partial charge on any atom is -0.349 e. The van der Waals surface area contributed by atoms with Crippen LogP contribution in [0.1, 0.15) is 12.5 Å². The lowest BCUT2D eigenvalue weighted by molar-refractivity contribution is -0.385. The molecule has 1 heterocycles. The molecule has 0 fully saturated rings. The van der Waals surface area contributed by atoms with Crippen LogP contribution in [-0.2, 0) is 12.7 Å². The number of hydrogen-bond donors (Lipinski definition) is 1. The van der Waals surface area contributed by atoms with Gasteiger partial charge < -0.3 is 9.88 Å². The molecule has 1 aromatic heterocycles. The third-order valence-electron chi connectivity index (χ3n) is 4.14. The van der Waals surface area contributed by atoms with Gasteiger partial charge in [-0.05, 0) is 25.1 Å². The van der Waals surface area contributed by atoms with Gasteiger partial charge in [-0.25, -0.2) is 0 Å². The molecule has 0 bridgehead atoms. The van der Waals surface area contributed by atoms with E-state index in [4.69, 9.17) is 0 Å². The van der Waals surface area contributed by atoms with Gasteiger partial charge in [0.15, 0.2) is 0 Å². The summed E-state index contributed by atoms with van der Waals surface area (Å²) in [5, 5.41) is 14.3. The van der Waals surface area contributed by atoms with E-state index in [1.54, 1.807) is 25.1 Å². The molecule has 0 saturated carbocycles. The molecule has 6 nitrogen and oxygen atoms in total. The lowest BCUT2D eigenvalue weighted by Gasteiger charge is -2.17. The topological polar surface area (TPSA) is 77.2 Å². The number of nitro groups is 1. The van der Waals surface area contributed by atoms with Gasteiger partial charge in [-0.15, -0.1) is 0 Å². The maximum Gasteiger partial charge on any atom is 0.418 e. The number of hydrogen-bond acceptors (Lipinski definition) is 4. The summed E-state index contributed by atoms with van der Waals surface area (Å²) in [6, 6.07) is 11.0. The van der Waals surface area contributed by atoms with Crippen molar-refractivity contribution in [2.24, 2.45) is 0 Å². The molecule has 140 valence electrons. The van der Waals surface area contributed by atoms with Crippen LogP contribution >= 0.6 is 0 Å². The van der Waals surface area contributed by atoms with Gasteiger partial charge in [-0.1, -0.05) is 30.3 Å². The van der Waals surface area contributed by atoms with E-state index in [-0.39, 0.29) is 23.3 Å². The van der Waals surface area contributed by atoms with Crippen LogP contribution in [0.25, 0.3) is 10.9 Å². The average molecular weight is 377 g/mol. The second-order valence-electron chi connectivity index (χ2n) is 5.72. The molecule has 0 unspecified atom stereocenters. The lowest BCUT2D eigenvalue weighted by Crippen LogP contribution is -2.24. The van der Waals surface area contributed by atoms with E-state index in [0.717, 1.165) is 12.1 Å². The van der Waals surface area contributed by atoms with Crippen molar-refractivity contribution < 1.29 is 18.1 Å². The fourth-order valence-corrected chi connectivity index (χ4v) is 2.98. The number of para-hydroxylation sites is 2. The van der Waals surface area contributed by atoms with E-state index in [0.29, 0.717) is 5.52 Å². The molecule has 0 spiro atoms. The van der Waals surface area contributed by atoms with E-state index >= 15 is 0 Å². The van der Waals surface area contributed by atoms with Gasteiger partial charge in [0.1, 0.15) is 5.69 Å². The summed E-state index contributed by atoms with van der Waals surface area (Å²) in [7, 11) is 0. The van der Waals surface area contributed by atoms with E-state index < -0.39 is 27.9 Å². The zero-order valence-corrected chi connectivity index (χ0v) is 14.1. The number of halogens is 3. The third kappa shape index (κ3) is 3.23. The summed E-state index contributed by atoms with van der Waals surface area (Å²) in [5.41, 5.74) is -2.90. The number of rotatable bonds is 4. The SMILES string of the molecule is CCn1c(=O)c([N+](=O)[O-])c(Nc2ccccc2C(F)(F)F)c2ccccc21. The summed E-state index contributed by atoms with van der Waals surface area (Å²) >= 11 is 0. The molecule has 0 amide bonds. The first-order valence-corrected chi connectivity index (χ1v) is 7.99. The van der Waals surface area contributed by atoms with Gasteiger partial charge in [0, 0.05) is 11.9 Å². The van der Waals surface area contributed by atoms with Crippen molar-refractivity contribution in [2.45, 2.75) is 19.6 Å². The molecule has 0 aliphatic heterocycles. The lowest BCUT2D eigenvalue weighted by atomic mass is 10.1. The summed E-state index contributed by atoms with van der Waals surface area (Å²) in [6.07, 6.45) is -4.66. The average Bonchev–Trinajstić information content (AvgIpc) is 2.61. The molecule has 3 rings (SSSR count). The second kappa shape index (κ2) is 6.75. The van der Waals surface area contributed by atoms with Crippen molar-refractivity contribution in [2.75, 3.05) is 5.32 Å². The number of aromatic nitrogens is 1. The standard InChI is InChI=1S/C18H14F3N3O3/c1-2-23-14-10-6-3-7-11(14)15(16(17(23)25)24(26)27)22-13-9-5-4-8-12(13)18(19,20)21/h3-10,22H,2H2,1H3. The maximum absolute atomic E-state index is 13.3. The van der Waals surface area contributed by atoms with Crippen LogP contribution in [0.4, 0.5) is 30.2 Å². The molecule has 0 atom stereocenters. The Morgan fingerprint density at radius 1 is 1.11 bits per heavy atom. The van der Waals surface area contributed by atoms with Crippen LogP contribution in [0, 0.1) is 10.1 Å². The van der Waals surface area contributed by atoms with Crippen LogP contribution in [0.3, 0.4) is 0 Å². The van der Waals surface area contributed by atoms with Crippen LogP contribution in [0.15, 0.2) is 53.3 Å². The van der Waals surface area contributed by atoms with Crippen LogP contribution in [0.2, 0.25) is 0 Å². The largest absolute Gasteiger partial charge is 0.418 e. The number of nitrogens with one attached hydrogen (secondary N) is 1. The quantitative estimate of drug-likeness (QED) is 0.528. The smallest absolute Gasteiger partial charge is 0.349 e. The minimum atomic E-state index is -4.66. The van der Waals surface area contributed by atoms with Crippen LogP contribution in [0.5, 0.6) is 0 Å². The van der Waals surface area contributed by atoms with Gasteiger partial charge in [0.2, 0.25) is 0 Å². The summed E-state index contributed by atoms with van der Waals surface area (Å²) < 4.78 is 41.1. The van der Waals surface area contributed by atoms with Crippen molar-refractivity contribution in [1.82, 2.24) is 4.57 Å². The molecule has 0 aliphatic rings. The predicted octanol–water partition coefficient (Wildman–Crippen LogP) is 4.69. The highest BCUT2D eigenvalue weighted by atomic mass is 19.4. The van der Waals surface area contributed by atoms with Gasteiger partial charge in [0.05, 0.1) is 21.7 Å². The summed E-state index contributed by atoms with van der Waals surface area (Å²) in [6.45, 7) is 1.84. The fourth-order valence-electron chi connectivity index (χ4n) is 2.98. The van der Waals surface area contributed by atoms with Crippen LogP contribution in [-0.4, -0.2) is 9.49 Å². The number of alkyl halides is 3. The highest BCUT2D eigenvalue weighted by molar-refractivity contribution is 5.98. The zero-order valence-electron chi connectivity index (χ0n) is 14.1. The fraction of sp³-hybridized carbons (Fsp3) is 0.167. The minimum absolute atomic E-state index is 0.180. The Morgan fingerprint density at radius 3 is 2.37 bits per heavy atom. The number of anilines is 2. The molecule has 9 heteroatoms. The normalized spacial score (nSPS) is 11.6. The molecular weight excluding hydrogens is 363 g/mol. The third-order valence-corrected chi connectivity index (χ3v) is 4.14. The highest BCUT2D eigenvalue weighted by Gasteiger charge is 2.34. The van der Waals surface area contributed by atoms with E-state index in [1.807, 2.05) is 0 Å². The molecule has 0 saturated heterocycles. The van der Waals surface area contributed by atoms with Crippen LogP contribution < -0.4 is 10.9 Å². The van der Waals surface area contributed by atoms with Crippen molar-refractivity contribution in [1.29, 1.82) is 0 Å². The van der Waals surface area contributed by atoms with Gasteiger partial charge in [-0.3, -0.25) is 14.9 Å². The Balaban J connectivity index is 2.35. The first kappa shape index (κ1) is 18.4. The first-order chi connectivity index (χ1) is 12.8. The monoisotopic (exact) mass is 377 g/mol. The number of benzene rings is 2. The van der Waals surface area contributed by atoms with E-state index in [2.05, 4.69) is 5.32 Å². The predicted molar refractivity (Wildman–Crippen MR) is 95.3 cm³/mol. The van der Waals surface area contributed by atoms with Gasteiger partial charge in [0.25, 0.3) is 0 Å². The molecule has 0 aliphatic carbocycles. The second-order valence-corrected chi connectivity index (χ2v) is 5.72. The Labute approximate surface area is 151 Å². The summed E-state index contributed by atoms with van der Waals surface area (Å²) in [5.74, 6) is 0. The van der Waals surface area contributed by atoms with Crippen molar-refractivity contribution in [3.8, 4) is 0 Å². The number of fused-ring (bicyclic) bond motifs is 1. The number of nitrogens with zero attached hydrogens (tertiary/aromatic N) is 2. The number of aryl methyl sites for hydroxylation is 1. The molecular formula is C18H14F3N3O3. The molecule has 3 aromatic rings. The Morgan fingerprint density at radius 2 is 1.74 bits per heavy atom. The molecule has 0 radical (unpaired) electrons. The first-order valence-electron chi connectivity index (χ1n) is 7.99. The van der Waals surface area contributed by atoms with E-state index in [1.165, 1.54) is 22.8 Å².